The van der Waals surface area contributed by atoms with Gasteiger partial charge < -0.3 is 9.47 Å². The molecule has 0 saturated carbocycles. The first kappa shape index (κ1) is 10.2. The van der Waals surface area contributed by atoms with Crippen molar-refractivity contribution in [3.63, 3.8) is 0 Å². The average Bonchev–Trinajstić information content (AvgIpc) is 2.96. The standard InChI is InChI=1S/C13H16O2/c1-3-5-11-6-4-7-12(8-11)14-9-13(2)10-15-13/h3-8H,9-10H2,1-2H3/b5-3+. The lowest BCUT2D eigenvalue weighted by molar-refractivity contribution is 0.202. The Morgan fingerprint density at radius 2 is 2.33 bits per heavy atom. The van der Waals surface area contributed by atoms with Gasteiger partial charge in [0, 0.05) is 0 Å². The second-order valence-electron chi connectivity index (χ2n) is 4.10. The molecule has 1 aromatic rings. The van der Waals surface area contributed by atoms with Gasteiger partial charge in [0.2, 0.25) is 0 Å². The third-order valence-electron chi connectivity index (χ3n) is 2.40. The summed E-state index contributed by atoms with van der Waals surface area (Å²) in [6, 6.07) is 8.06. The lowest BCUT2D eigenvalue weighted by Gasteiger charge is -2.08. The van der Waals surface area contributed by atoms with Crippen LogP contribution in [-0.2, 0) is 4.74 Å². The lowest BCUT2D eigenvalue weighted by atomic mass is 10.2. The van der Waals surface area contributed by atoms with E-state index in [1.165, 1.54) is 0 Å². The molecule has 1 aliphatic heterocycles. The van der Waals surface area contributed by atoms with E-state index in [2.05, 4.69) is 19.1 Å². The molecular weight excluding hydrogens is 188 g/mol. The molecule has 80 valence electrons. The monoisotopic (exact) mass is 204 g/mol. The van der Waals surface area contributed by atoms with Crippen molar-refractivity contribution in [2.24, 2.45) is 0 Å². The molecule has 0 bridgehead atoms. The molecule has 0 aliphatic carbocycles. The SMILES string of the molecule is C/C=C/c1cccc(OCC2(C)CO2)c1. The summed E-state index contributed by atoms with van der Waals surface area (Å²) in [6.07, 6.45) is 4.08. The number of hydrogen-bond donors (Lipinski definition) is 0. The summed E-state index contributed by atoms with van der Waals surface area (Å²) in [6.45, 7) is 5.50. The molecule has 15 heavy (non-hydrogen) atoms. The van der Waals surface area contributed by atoms with E-state index in [0.717, 1.165) is 17.9 Å². The molecule has 1 fully saturated rings. The Balaban J connectivity index is 1.98. The summed E-state index contributed by atoms with van der Waals surface area (Å²) in [5, 5.41) is 0. The third kappa shape index (κ3) is 2.83. The molecule has 1 atom stereocenters. The zero-order valence-electron chi connectivity index (χ0n) is 9.19. The highest BCUT2D eigenvalue weighted by Gasteiger charge is 2.40. The maximum absolute atomic E-state index is 5.66. The molecule has 1 heterocycles. The van der Waals surface area contributed by atoms with Crippen LogP contribution in [0.4, 0.5) is 0 Å². The Kier molecular flexibility index (Phi) is 2.78. The van der Waals surface area contributed by atoms with Gasteiger partial charge in [-0.1, -0.05) is 24.3 Å². The van der Waals surface area contributed by atoms with Gasteiger partial charge >= 0.3 is 0 Å². The van der Waals surface area contributed by atoms with Crippen molar-refractivity contribution in [3.05, 3.63) is 35.9 Å². The van der Waals surface area contributed by atoms with Gasteiger partial charge in [0.1, 0.15) is 18.0 Å². The zero-order chi connectivity index (χ0) is 10.7. The average molecular weight is 204 g/mol. The van der Waals surface area contributed by atoms with Gasteiger partial charge in [0.25, 0.3) is 0 Å². The van der Waals surface area contributed by atoms with Crippen LogP contribution in [0, 0.1) is 0 Å². The highest BCUT2D eigenvalue weighted by Crippen LogP contribution is 2.27. The van der Waals surface area contributed by atoms with E-state index in [1.807, 2.05) is 31.2 Å². The first-order chi connectivity index (χ1) is 7.22. The van der Waals surface area contributed by atoms with Crippen molar-refractivity contribution in [1.82, 2.24) is 0 Å². The molecule has 1 saturated heterocycles. The number of benzene rings is 1. The van der Waals surface area contributed by atoms with Crippen LogP contribution < -0.4 is 4.74 Å². The van der Waals surface area contributed by atoms with Crippen molar-refractivity contribution in [1.29, 1.82) is 0 Å². The van der Waals surface area contributed by atoms with Crippen molar-refractivity contribution in [2.45, 2.75) is 19.4 Å². The molecule has 2 rings (SSSR count). The van der Waals surface area contributed by atoms with Gasteiger partial charge in [0.05, 0.1) is 6.61 Å². The summed E-state index contributed by atoms with van der Waals surface area (Å²) in [5.41, 5.74) is 1.12. The fraction of sp³-hybridized carbons (Fsp3) is 0.385. The Labute approximate surface area is 90.5 Å². The summed E-state index contributed by atoms with van der Waals surface area (Å²) >= 11 is 0. The molecule has 0 spiro atoms. The fourth-order valence-corrected chi connectivity index (χ4v) is 1.34. The molecule has 0 N–H and O–H groups in total. The minimum atomic E-state index is -0.0450. The second-order valence-corrected chi connectivity index (χ2v) is 4.10. The Morgan fingerprint density at radius 1 is 1.53 bits per heavy atom. The van der Waals surface area contributed by atoms with Crippen LogP contribution in [0.15, 0.2) is 30.3 Å². The van der Waals surface area contributed by atoms with Gasteiger partial charge in [-0.05, 0) is 31.5 Å². The van der Waals surface area contributed by atoms with Crippen LogP contribution in [0.2, 0.25) is 0 Å². The van der Waals surface area contributed by atoms with Gasteiger partial charge in [-0.2, -0.15) is 0 Å². The molecule has 0 amide bonds. The molecule has 2 heteroatoms. The first-order valence-corrected chi connectivity index (χ1v) is 5.21. The van der Waals surface area contributed by atoms with Crippen LogP contribution in [-0.4, -0.2) is 18.8 Å². The van der Waals surface area contributed by atoms with E-state index in [0.29, 0.717) is 6.61 Å². The third-order valence-corrected chi connectivity index (χ3v) is 2.40. The minimum absolute atomic E-state index is 0.0450. The topological polar surface area (TPSA) is 21.8 Å². The maximum Gasteiger partial charge on any atom is 0.123 e. The number of epoxide rings is 1. The molecule has 0 radical (unpaired) electrons. The van der Waals surface area contributed by atoms with Crippen molar-refractivity contribution in [3.8, 4) is 5.75 Å². The first-order valence-electron chi connectivity index (χ1n) is 5.21. The van der Waals surface area contributed by atoms with E-state index in [4.69, 9.17) is 9.47 Å². The number of rotatable bonds is 4. The number of ether oxygens (including phenoxy) is 2. The fourth-order valence-electron chi connectivity index (χ4n) is 1.34. The van der Waals surface area contributed by atoms with Crippen LogP contribution in [0.25, 0.3) is 6.08 Å². The highest BCUT2D eigenvalue weighted by atomic mass is 16.6. The summed E-state index contributed by atoms with van der Waals surface area (Å²) in [7, 11) is 0. The van der Waals surface area contributed by atoms with Crippen LogP contribution in [0.1, 0.15) is 19.4 Å². The van der Waals surface area contributed by atoms with Crippen molar-refractivity contribution >= 4 is 6.08 Å². The summed E-state index contributed by atoms with van der Waals surface area (Å²) < 4.78 is 10.9. The van der Waals surface area contributed by atoms with Crippen molar-refractivity contribution < 1.29 is 9.47 Å². The summed E-state index contributed by atoms with van der Waals surface area (Å²) in [4.78, 5) is 0. The zero-order valence-corrected chi connectivity index (χ0v) is 9.19. The van der Waals surface area contributed by atoms with E-state index in [1.54, 1.807) is 0 Å². The molecule has 1 aliphatic rings. The minimum Gasteiger partial charge on any atom is -0.490 e. The Bertz CT molecular complexity index is 365. The Hall–Kier alpha value is -1.28. The van der Waals surface area contributed by atoms with E-state index in [-0.39, 0.29) is 5.60 Å². The predicted molar refractivity (Wildman–Crippen MR) is 61.0 cm³/mol. The molecular formula is C13H16O2. The normalized spacial score (nSPS) is 24.4. The molecule has 1 unspecified atom stereocenters. The lowest BCUT2D eigenvalue weighted by Crippen LogP contribution is -2.16. The molecule has 1 aromatic carbocycles. The number of allylic oxidation sites excluding steroid dienone is 1. The largest absolute Gasteiger partial charge is 0.490 e. The van der Waals surface area contributed by atoms with Crippen LogP contribution in [0.3, 0.4) is 0 Å². The molecule has 0 aromatic heterocycles. The van der Waals surface area contributed by atoms with Crippen molar-refractivity contribution in [2.75, 3.05) is 13.2 Å². The van der Waals surface area contributed by atoms with Gasteiger partial charge in [-0.3, -0.25) is 0 Å². The van der Waals surface area contributed by atoms with Gasteiger partial charge in [0.15, 0.2) is 0 Å². The van der Waals surface area contributed by atoms with Gasteiger partial charge in [-0.15, -0.1) is 0 Å². The van der Waals surface area contributed by atoms with E-state index in [9.17, 15) is 0 Å². The van der Waals surface area contributed by atoms with E-state index >= 15 is 0 Å². The van der Waals surface area contributed by atoms with Crippen LogP contribution in [0.5, 0.6) is 5.75 Å². The predicted octanol–water partition coefficient (Wildman–Crippen LogP) is 2.89. The van der Waals surface area contributed by atoms with Crippen LogP contribution >= 0.6 is 0 Å². The second kappa shape index (κ2) is 4.07. The highest BCUT2D eigenvalue weighted by molar-refractivity contribution is 5.51. The smallest absolute Gasteiger partial charge is 0.123 e. The summed E-state index contributed by atoms with van der Waals surface area (Å²) in [5.74, 6) is 0.905. The van der Waals surface area contributed by atoms with Gasteiger partial charge in [-0.25, -0.2) is 0 Å². The number of hydrogen-bond acceptors (Lipinski definition) is 2. The van der Waals surface area contributed by atoms with E-state index < -0.39 is 0 Å². The quantitative estimate of drug-likeness (QED) is 0.703. The Morgan fingerprint density at radius 3 is 3.00 bits per heavy atom. The maximum atomic E-state index is 5.66. The molecule has 2 nitrogen and oxygen atoms in total.